The number of hydrogen-bond donors (Lipinski definition) is 4. The van der Waals surface area contributed by atoms with Gasteiger partial charge in [-0.2, -0.15) is 0 Å². The highest BCUT2D eigenvalue weighted by Gasteiger charge is 2.17. The number of fused-ring (bicyclic) bond motifs is 2. The van der Waals surface area contributed by atoms with Gasteiger partial charge in [-0.3, -0.25) is 9.59 Å². The Morgan fingerprint density at radius 3 is 1.02 bits per heavy atom. The first-order chi connectivity index (χ1) is 28.0. The first-order valence-electron chi connectivity index (χ1n) is 18.0. The molecule has 4 N–H and O–H groups in total. The maximum atomic E-state index is 11.3. The van der Waals surface area contributed by atoms with Gasteiger partial charge in [-0.25, -0.2) is 29.5 Å². The minimum atomic E-state index is -1.01. The van der Waals surface area contributed by atoms with Gasteiger partial charge in [0.1, 0.15) is 0 Å². The lowest BCUT2D eigenvalue weighted by atomic mass is 10.0. The molecule has 8 aromatic rings. The van der Waals surface area contributed by atoms with Crippen LogP contribution in [-0.4, -0.2) is 53.9 Å². The van der Waals surface area contributed by atoms with E-state index in [-0.39, 0.29) is 22.9 Å². The van der Waals surface area contributed by atoms with Gasteiger partial charge >= 0.3 is 11.9 Å². The smallest absolute Gasteiger partial charge is 0.335 e. The molecule has 0 atom stereocenters. The molecule has 0 saturated carbocycles. The van der Waals surface area contributed by atoms with E-state index in [9.17, 15) is 29.4 Å². The van der Waals surface area contributed by atoms with Crippen molar-refractivity contribution in [3.8, 4) is 45.0 Å². The van der Waals surface area contributed by atoms with Crippen LogP contribution in [0, 0.1) is 0 Å². The molecule has 0 bridgehead atoms. The molecule has 284 valence electrons. The molecule has 58 heavy (non-hydrogen) atoms. The molecule has 0 aliphatic carbocycles. The van der Waals surface area contributed by atoms with E-state index in [1.54, 1.807) is 24.3 Å². The van der Waals surface area contributed by atoms with E-state index < -0.39 is 11.9 Å². The van der Waals surface area contributed by atoms with Gasteiger partial charge in [-0.1, -0.05) is 84.9 Å². The summed E-state index contributed by atoms with van der Waals surface area (Å²) in [6, 6.07) is 43.4. The quantitative estimate of drug-likeness (QED) is 0.116. The van der Waals surface area contributed by atoms with Crippen LogP contribution in [0.25, 0.3) is 67.1 Å². The molecule has 0 aliphatic rings. The maximum absolute atomic E-state index is 11.3. The van der Waals surface area contributed by atoms with E-state index in [1.807, 2.05) is 97.1 Å². The topological polar surface area (TPSA) is 184 Å². The van der Waals surface area contributed by atoms with E-state index in [1.165, 1.54) is 38.1 Å². The first kappa shape index (κ1) is 38.2. The van der Waals surface area contributed by atoms with Gasteiger partial charge in [-0.15, -0.1) is 0 Å². The summed E-state index contributed by atoms with van der Waals surface area (Å²) in [4.78, 5) is 64.2. The average Bonchev–Trinajstić information content (AvgIpc) is 3.23. The third-order valence-electron chi connectivity index (χ3n) is 8.87. The van der Waals surface area contributed by atoms with Crippen molar-refractivity contribution in [2.75, 3.05) is 10.6 Å². The zero-order valence-electron chi connectivity index (χ0n) is 31.2. The first-order valence-corrected chi connectivity index (χ1v) is 18.0. The molecule has 0 saturated heterocycles. The van der Waals surface area contributed by atoms with Crippen molar-refractivity contribution in [1.82, 2.24) is 19.9 Å². The highest BCUT2D eigenvalue weighted by atomic mass is 16.4. The molecule has 2 heterocycles. The molecular weight excluding hydrogens is 733 g/mol. The zero-order valence-corrected chi connectivity index (χ0v) is 31.2. The van der Waals surface area contributed by atoms with Gasteiger partial charge in [0, 0.05) is 47.5 Å². The van der Waals surface area contributed by atoms with Crippen molar-refractivity contribution in [3.63, 3.8) is 0 Å². The van der Waals surface area contributed by atoms with Gasteiger partial charge in [0.05, 0.1) is 56.0 Å². The predicted molar refractivity (Wildman–Crippen MR) is 223 cm³/mol. The van der Waals surface area contributed by atoms with Crippen molar-refractivity contribution in [1.29, 1.82) is 0 Å². The standard InChI is InChI=1S/2C23H17N3O3/c1-14(27)24-18-10-7-16(8-11-18)22-21(15-5-3-2-4-6-15)26-20-13-17(23(28)29)9-12-19(20)25-22;1-14(27)24-18-10-7-16(8-11-18)22-21(15-5-3-2-4-6-15)25-19-12-9-17(23(28)29)13-20(19)26-22/h2*2-13H,1H3,(H,24,27)(H,28,29). The molecule has 2 amide bonds. The van der Waals surface area contributed by atoms with Crippen molar-refractivity contribution in [2.45, 2.75) is 13.8 Å². The van der Waals surface area contributed by atoms with Crippen LogP contribution in [0.4, 0.5) is 11.4 Å². The van der Waals surface area contributed by atoms with Crippen LogP contribution in [0.1, 0.15) is 34.6 Å². The Hall–Kier alpha value is -8.12. The second-order valence-corrected chi connectivity index (χ2v) is 13.1. The number of aromatic nitrogens is 4. The zero-order chi connectivity index (χ0) is 40.8. The Morgan fingerprint density at radius 1 is 0.397 bits per heavy atom. The summed E-state index contributed by atoms with van der Waals surface area (Å²) in [6.45, 7) is 2.91. The van der Waals surface area contributed by atoms with E-state index in [4.69, 9.17) is 19.9 Å². The van der Waals surface area contributed by atoms with Gasteiger partial charge in [0.15, 0.2) is 0 Å². The number of carbonyl (C=O) groups is 4. The SMILES string of the molecule is CC(=O)Nc1ccc(-c2nc3cc(C(=O)O)ccc3nc2-c2ccccc2)cc1.CC(=O)Nc1ccc(-c2nc3ccc(C(=O)O)cc3nc2-c2ccccc2)cc1. The number of hydrogen-bond acceptors (Lipinski definition) is 8. The highest BCUT2D eigenvalue weighted by Crippen LogP contribution is 2.33. The van der Waals surface area contributed by atoms with Crippen LogP contribution in [-0.2, 0) is 9.59 Å². The Morgan fingerprint density at radius 2 is 0.707 bits per heavy atom. The summed E-state index contributed by atoms with van der Waals surface area (Å²) < 4.78 is 0. The molecule has 12 nitrogen and oxygen atoms in total. The molecule has 0 unspecified atom stereocenters. The van der Waals surface area contributed by atoms with Crippen LogP contribution >= 0.6 is 0 Å². The van der Waals surface area contributed by atoms with Crippen LogP contribution in [0.15, 0.2) is 146 Å². The molecule has 12 heteroatoms. The molecular formula is C46H34N6O6. The normalized spacial score (nSPS) is 10.7. The average molecular weight is 767 g/mol. The molecule has 8 rings (SSSR count). The maximum Gasteiger partial charge on any atom is 0.335 e. The number of carboxylic acids is 2. The lowest BCUT2D eigenvalue weighted by molar-refractivity contribution is -0.115. The summed E-state index contributed by atoms with van der Waals surface area (Å²) in [5, 5.41) is 24.0. The lowest BCUT2D eigenvalue weighted by Gasteiger charge is -2.11. The fourth-order valence-corrected chi connectivity index (χ4v) is 6.20. The van der Waals surface area contributed by atoms with Crippen LogP contribution < -0.4 is 10.6 Å². The van der Waals surface area contributed by atoms with Crippen molar-refractivity contribution >= 4 is 57.2 Å². The minimum Gasteiger partial charge on any atom is -0.478 e. The number of carboxylic acid groups (broad SMARTS) is 2. The summed E-state index contributed by atoms with van der Waals surface area (Å²) >= 11 is 0. The fraction of sp³-hybridized carbons (Fsp3) is 0.0435. The third kappa shape index (κ3) is 8.72. The molecule has 0 spiro atoms. The number of anilines is 2. The van der Waals surface area contributed by atoms with E-state index >= 15 is 0 Å². The van der Waals surface area contributed by atoms with Gasteiger partial charge in [-0.05, 0) is 60.7 Å². The Bertz CT molecular complexity index is 2830. The molecule has 0 fully saturated rings. The van der Waals surface area contributed by atoms with Crippen molar-refractivity contribution in [3.05, 3.63) is 157 Å². The fourth-order valence-electron chi connectivity index (χ4n) is 6.20. The van der Waals surface area contributed by atoms with E-state index in [0.717, 1.165) is 22.3 Å². The number of amides is 2. The number of rotatable bonds is 8. The molecule has 0 aliphatic heterocycles. The summed E-state index contributed by atoms with van der Waals surface area (Å²) in [6.07, 6.45) is 0. The third-order valence-corrected chi connectivity index (χ3v) is 8.87. The van der Waals surface area contributed by atoms with Gasteiger partial charge < -0.3 is 20.8 Å². The van der Waals surface area contributed by atoms with Gasteiger partial charge in [0.2, 0.25) is 11.8 Å². The summed E-state index contributed by atoms with van der Waals surface area (Å²) in [5.41, 5.74) is 10.1. The van der Waals surface area contributed by atoms with E-state index in [0.29, 0.717) is 56.2 Å². The number of aromatic carboxylic acids is 2. The number of carbonyl (C=O) groups excluding carboxylic acids is 2. The predicted octanol–water partition coefficient (Wildman–Crippen LogP) is 9.24. The molecule has 2 aromatic heterocycles. The second-order valence-electron chi connectivity index (χ2n) is 13.1. The lowest BCUT2D eigenvalue weighted by Crippen LogP contribution is -2.05. The van der Waals surface area contributed by atoms with Crippen LogP contribution in [0.2, 0.25) is 0 Å². The van der Waals surface area contributed by atoms with Crippen molar-refractivity contribution in [2.24, 2.45) is 0 Å². The largest absolute Gasteiger partial charge is 0.478 e. The number of nitrogens with one attached hydrogen (secondary N) is 2. The minimum absolute atomic E-state index is 0.137. The summed E-state index contributed by atoms with van der Waals surface area (Å²) in [5.74, 6) is -2.30. The summed E-state index contributed by atoms with van der Waals surface area (Å²) in [7, 11) is 0. The molecule has 6 aromatic carbocycles. The van der Waals surface area contributed by atoms with Crippen LogP contribution in [0.3, 0.4) is 0 Å². The van der Waals surface area contributed by atoms with Crippen LogP contribution in [0.5, 0.6) is 0 Å². The Kier molecular flexibility index (Phi) is 11.0. The second kappa shape index (κ2) is 16.7. The number of nitrogens with zero attached hydrogens (tertiary/aromatic N) is 4. The molecule has 0 radical (unpaired) electrons. The Labute approximate surface area is 331 Å². The van der Waals surface area contributed by atoms with Gasteiger partial charge in [0.25, 0.3) is 0 Å². The highest BCUT2D eigenvalue weighted by molar-refractivity contribution is 5.96. The monoisotopic (exact) mass is 766 g/mol. The van der Waals surface area contributed by atoms with Crippen molar-refractivity contribution < 1.29 is 29.4 Å². The Balaban J connectivity index is 0.000000177. The van der Waals surface area contributed by atoms with E-state index in [2.05, 4.69) is 10.6 Å². The number of benzene rings is 6.